The van der Waals surface area contributed by atoms with Crippen LogP contribution in [0.5, 0.6) is 0 Å². The molecule has 0 bridgehead atoms. The summed E-state index contributed by atoms with van der Waals surface area (Å²) in [5, 5.41) is 2.73. The van der Waals surface area contributed by atoms with E-state index in [1.807, 2.05) is 24.3 Å². The molecule has 0 aliphatic carbocycles. The summed E-state index contributed by atoms with van der Waals surface area (Å²) in [5.41, 5.74) is 2.13. The minimum absolute atomic E-state index is 0.0693. The Kier molecular flexibility index (Phi) is 4.80. The molecular weight excluding hydrogens is 369 g/mol. The average Bonchev–Trinajstić information content (AvgIpc) is 2.38. The first-order valence-corrected chi connectivity index (χ1v) is 7.54. The summed E-state index contributed by atoms with van der Waals surface area (Å²) in [6.07, 6.45) is 0.269. The Bertz CT molecular complexity index is 580. The molecule has 0 saturated heterocycles. The zero-order valence-electron chi connectivity index (χ0n) is 11.4. The lowest BCUT2D eigenvalue weighted by Gasteiger charge is -2.27. The highest BCUT2D eigenvalue weighted by atomic mass is 127. The van der Waals surface area contributed by atoms with Gasteiger partial charge in [-0.05, 0) is 48.1 Å². The van der Waals surface area contributed by atoms with Gasteiger partial charge in [0.25, 0.3) is 0 Å². The summed E-state index contributed by atoms with van der Waals surface area (Å²) in [6.45, 7) is 3.84. The van der Waals surface area contributed by atoms with Crippen LogP contribution in [-0.4, -0.2) is 18.5 Å². The zero-order chi connectivity index (χ0) is 14.7. The first-order valence-electron chi connectivity index (χ1n) is 6.46. The zero-order valence-corrected chi connectivity index (χ0v) is 13.6. The van der Waals surface area contributed by atoms with E-state index in [9.17, 15) is 9.59 Å². The van der Waals surface area contributed by atoms with Gasteiger partial charge in [0.2, 0.25) is 5.91 Å². The van der Waals surface area contributed by atoms with Crippen molar-refractivity contribution in [3.8, 4) is 0 Å². The topological polar surface area (TPSA) is 55.4 Å². The molecule has 0 aromatic heterocycles. The first kappa shape index (κ1) is 15.0. The highest BCUT2D eigenvalue weighted by Crippen LogP contribution is 2.35. The van der Waals surface area contributed by atoms with Gasteiger partial charge in [0.1, 0.15) is 0 Å². The lowest BCUT2D eigenvalue weighted by atomic mass is 9.84. The lowest BCUT2D eigenvalue weighted by molar-refractivity contribution is -0.139. The predicted octanol–water partition coefficient (Wildman–Crippen LogP) is 2.73. The van der Waals surface area contributed by atoms with Gasteiger partial charge in [0.15, 0.2) is 0 Å². The third-order valence-corrected chi connectivity index (χ3v) is 4.23. The van der Waals surface area contributed by atoms with Gasteiger partial charge >= 0.3 is 5.97 Å². The molecule has 1 amide bonds. The molecule has 0 fully saturated rings. The van der Waals surface area contributed by atoms with Crippen LogP contribution in [0.1, 0.15) is 31.7 Å². The third-order valence-electron chi connectivity index (χ3n) is 3.24. The number of ether oxygens (including phenoxy) is 1. The van der Waals surface area contributed by atoms with Crippen LogP contribution in [0.3, 0.4) is 0 Å². The van der Waals surface area contributed by atoms with Crippen molar-refractivity contribution in [1.29, 1.82) is 0 Å². The van der Waals surface area contributed by atoms with Crippen molar-refractivity contribution < 1.29 is 14.3 Å². The van der Waals surface area contributed by atoms with Crippen LogP contribution in [0.4, 0.5) is 0 Å². The monoisotopic (exact) mass is 385 g/mol. The van der Waals surface area contributed by atoms with E-state index < -0.39 is 0 Å². The largest absolute Gasteiger partial charge is 0.463 e. The van der Waals surface area contributed by atoms with Crippen LogP contribution in [0.2, 0.25) is 0 Å². The van der Waals surface area contributed by atoms with E-state index in [4.69, 9.17) is 4.74 Å². The van der Waals surface area contributed by atoms with Crippen molar-refractivity contribution in [3.05, 3.63) is 44.7 Å². The predicted molar refractivity (Wildman–Crippen MR) is 84.0 cm³/mol. The molecule has 1 aliphatic heterocycles. The smallest absolute Gasteiger partial charge is 0.336 e. The first-order chi connectivity index (χ1) is 9.54. The summed E-state index contributed by atoms with van der Waals surface area (Å²) >= 11 is 2.23. The molecule has 1 aliphatic rings. The molecule has 1 aromatic rings. The van der Waals surface area contributed by atoms with E-state index >= 15 is 0 Å². The molecule has 106 valence electrons. The number of halogens is 1. The van der Waals surface area contributed by atoms with Crippen molar-refractivity contribution in [2.75, 3.05) is 6.61 Å². The third kappa shape index (κ3) is 3.03. The molecule has 1 heterocycles. The number of benzene rings is 1. The van der Waals surface area contributed by atoms with Gasteiger partial charge in [-0.2, -0.15) is 0 Å². The molecule has 4 nitrogen and oxygen atoms in total. The molecule has 1 N–H and O–H groups in total. The lowest BCUT2D eigenvalue weighted by Crippen LogP contribution is -2.34. The van der Waals surface area contributed by atoms with Crippen LogP contribution >= 0.6 is 22.6 Å². The minimum Gasteiger partial charge on any atom is -0.463 e. The Morgan fingerprint density at radius 3 is 2.80 bits per heavy atom. The maximum atomic E-state index is 12.2. The summed E-state index contributed by atoms with van der Waals surface area (Å²) in [4.78, 5) is 24.0. The summed E-state index contributed by atoms with van der Waals surface area (Å²) in [5.74, 6) is -0.661. The van der Waals surface area contributed by atoms with E-state index in [0.717, 1.165) is 9.13 Å². The molecule has 0 saturated carbocycles. The number of hydrogen-bond donors (Lipinski definition) is 1. The molecule has 0 radical (unpaired) electrons. The van der Waals surface area contributed by atoms with Crippen molar-refractivity contribution in [2.45, 2.75) is 26.2 Å². The van der Waals surface area contributed by atoms with E-state index in [-0.39, 0.29) is 24.2 Å². The Hall–Kier alpha value is -1.37. The van der Waals surface area contributed by atoms with Gasteiger partial charge in [0.05, 0.1) is 12.2 Å². The van der Waals surface area contributed by atoms with E-state index in [2.05, 4.69) is 27.9 Å². The molecule has 1 aromatic carbocycles. The minimum atomic E-state index is -0.352. The molecule has 2 rings (SSSR count). The van der Waals surface area contributed by atoms with Crippen LogP contribution in [-0.2, 0) is 14.3 Å². The standard InChI is InChI=1S/C15H16INO3/c1-3-20-15(19)14-9(2)17-13(18)8-11(14)10-6-4-5-7-12(10)16/h4-7,11H,3,8H2,1-2H3,(H,17,18)/t11-/m0/s1. The Labute approximate surface area is 131 Å². The molecule has 1 atom stereocenters. The molecular formula is C15H16INO3. The highest BCUT2D eigenvalue weighted by Gasteiger charge is 2.33. The number of amides is 1. The maximum absolute atomic E-state index is 12.2. The van der Waals surface area contributed by atoms with Crippen LogP contribution in [0.25, 0.3) is 0 Å². The Morgan fingerprint density at radius 2 is 2.15 bits per heavy atom. The maximum Gasteiger partial charge on any atom is 0.336 e. The highest BCUT2D eigenvalue weighted by molar-refractivity contribution is 14.1. The second-order valence-corrected chi connectivity index (χ2v) is 5.75. The number of esters is 1. The van der Waals surface area contributed by atoms with Gasteiger partial charge in [-0.1, -0.05) is 18.2 Å². The second kappa shape index (κ2) is 6.39. The number of allylic oxidation sites excluding steroid dienone is 1. The van der Waals surface area contributed by atoms with E-state index in [1.54, 1.807) is 13.8 Å². The van der Waals surface area contributed by atoms with E-state index in [1.165, 1.54) is 0 Å². The molecule has 0 spiro atoms. The number of carbonyl (C=O) groups excluding carboxylic acids is 2. The van der Waals surface area contributed by atoms with E-state index in [0.29, 0.717) is 17.9 Å². The number of rotatable bonds is 3. The van der Waals surface area contributed by atoms with Crippen LogP contribution < -0.4 is 5.32 Å². The summed E-state index contributed by atoms with van der Waals surface area (Å²) in [7, 11) is 0. The van der Waals surface area contributed by atoms with Gasteiger partial charge in [0, 0.05) is 21.6 Å². The van der Waals surface area contributed by atoms with Crippen molar-refractivity contribution in [1.82, 2.24) is 5.32 Å². The van der Waals surface area contributed by atoms with Crippen LogP contribution in [0.15, 0.2) is 35.5 Å². The number of carbonyl (C=O) groups is 2. The summed E-state index contributed by atoms with van der Waals surface area (Å²) < 4.78 is 6.17. The molecule has 0 unspecified atom stereocenters. The van der Waals surface area contributed by atoms with Crippen LogP contribution in [0, 0.1) is 3.57 Å². The number of hydrogen-bond acceptors (Lipinski definition) is 3. The Morgan fingerprint density at radius 1 is 1.45 bits per heavy atom. The quantitative estimate of drug-likeness (QED) is 0.643. The van der Waals surface area contributed by atoms with Crippen molar-refractivity contribution in [3.63, 3.8) is 0 Å². The fraction of sp³-hybridized carbons (Fsp3) is 0.333. The number of nitrogens with one attached hydrogen (secondary N) is 1. The molecule has 5 heteroatoms. The van der Waals surface area contributed by atoms with Crippen molar-refractivity contribution in [2.24, 2.45) is 0 Å². The van der Waals surface area contributed by atoms with Gasteiger partial charge in [-0.3, -0.25) is 4.79 Å². The normalized spacial score (nSPS) is 18.8. The second-order valence-electron chi connectivity index (χ2n) is 4.59. The van der Waals surface area contributed by atoms with Gasteiger partial charge in [-0.15, -0.1) is 0 Å². The Balaban J connectivity index is 2.48. The molecule has 20 heavy (non-hydrogen) atoms. The van der Waals surface area contributed by atoms with Gasteiger partial charge in [-0.25, -0.2) is 4.79 Å². The fourth-order valence-electron chi connectivity index (χ4n) is 2.40. The van der Waals surface area contributed by atoms with Gasteiger partial charge < -0.3 is 10.1 Å². The SMILES string of the molecule is CCOC(=O)C1=C(C)NC(=O)C[C@H]1c1ccccc1I. The average molecular weight is 385 g/mol. The summed E-state index contributed by atoms with van der Waals surface area (Å²) in [6, 6.07) is 7.79. The fourth-order valence-corrected chi connectivity index (χ4v) is 3.17. The van der Waals surface area contributed by atoms with Crippen molar-refractivity contribution >= 4 is 34.5 Å².